The molecule has 1 aromatic heterocycles. The number of hydrogen-bond acceptors (Lipinski definition) is 4. The van der Waals surface area contributed by atoms with E-state index in [4.69, 9.17) is 9.84 Å². The molecular weight excluding hydrogens is 440 g/mol. The van der Waals surface area contributed by atoms with Crippen molar-refractivity contribution >= 4 is 11.8 Å². The number of carbonyl (C=O) groups excluding carboxylic acids is 2. The molecule has 1 fully saturated rings. The van der Waals surface area contributed by atoms with Crippen LogP contribution in [0.1, 0.15) is 20.7 Å². The SMILES string of the molecule is COc1cccc(C(=O)N2CCN(C(=O)c3cn(-c4ccccc4)nc3-c3ccccc3)CC2)c1. The highest BCUT2D eigenvalue weighted by molar-refractivity contribution is 6.00. The molecule has 1 aliphatic rings. The summed E-state index contributed by atoms with van der Waals surface area (Å²) in [5, 5.41) is 4.76. The van der Waals surface area contributed by atoms with Crippen LogP contribution in [-0.2, 0) is 0 Å². The second-order valence-corrected chi connectivity index (χ2v) is 8.35. The van der Waals surface area contributed by atoms with Crippen molar-refractivity contribution in [3.8, 4) is 22.7 Å². The molecule has 2 amide bonds. The number of benzene rings is 3. The molecule has 1 aliphatic heterocycles. The van der Waals surface area contributed by atoms with E-state index in [9.17, 15) is 9.59 Å². The summed E-state index contributed by atoms with van der Waals surface area (Å²) in [6.45, 7) is 1.85. The molecule has 0 atom stereocenters. The summed E-state index contributed by atoms with van der Waals surface area (Å²) in [6, 6.07) is 26.6. The number of para-hydroxylation sites is 1. The highest BCUT2D eigenvalue weighted by Gasteiger charge is 2.28. The van der Waals surface area contributed by atoms with Gasteiger partial charge in [-0.15, -0.1) is 0 Å². The maximum atomic E-state index is 13.6. The van der Waals surface area contributed by atoms with Crippen LogP contribution in [0.25, 0.3) is 16.9 Å². The third-order valence-corrected chi connectivity index (χ3v) is 6.18. The summed E-state index contributed by atoms with van der Waals surface area (Å²) in [5.41, 5.74) is 3.55. The van der Waals surface area contributed by atoms with Gasteiger partial charge in [-0.1, -0.05) is 54.6 Å². The highest BCUT2D eigenvalue weighted by atomic mass is 16.5. The van der Waals surface area contributed by atoms with Gasteiger partial charge in [-0.3, -0.25) is 9.59 Å². The van der Waals surface area contributed by atoms with Crippen LogP contribution in [0.4, 0.5) is 0 Å². The Morgan fingerprint density at radius 2 is 1.40 bits per heavy atom. The Hall–Kier alpha value is -4.39. The van der Waals surface area contributed by atoms with Crippen molar-refractivity contribution in [1.29, 1.82) is 0 Å². The maximum Gasteiger partial charge on any atom is 0.257 e. The number of aromatic nitrogens is 2. The lowest BCUT2D eigenvalue weighted by Crippen LogP contribution is -2.50. The molecule has 2 heterocycles. The van der Waals surface area contributed by atoms with Crippen LogP contribution in [0.15, 0.2) is 91.1 Å². The summed E-state index contributed by atoms with van der Waals surface area (Å²) < 4.78 is 6.99. The third kappa shape index (κ3) is 4.66. The summed E-state index contributed by atoms with van der Waals surface area (Å²) in [4.78, 5) is 30.2. The second kappa shape index (κ2) is 9.85. The lowest BCUT2D eigenvalue weighted by Gasteiger charge is -2.34. The summed E-state index contributed by atoms with van der Waals surface area (Å²) in [7, 11) is 1.58. The van der Waals surface area contributed by atoms with E-state index in [0.717, 1.165) is 11.3 Å². The van der Waals surface area contributed by atoms with E-state index in [-0.39, 0.29) is 11.8 Å². The van der Waals surface area contributed by atoms with Crippen molar-refractivity contribution in [3.63, 3.8) is 0 Å². The Balaban J connectivity index is 1.36. The molecule has 0 saturated carbocycles. The van der Waals surface area contributed by atoms with Crippen LogP contribution < -0.4 is 4.74 Å². The van der Waals surface area contributed by atoms with Gasteiger partial charge in [-0.25, -0.2) is 4.68 Å². The summed E-state index contributed by atoms with van der Waals surface area (Å²) in [5.74, 6) is 0.505. The first-order valence-corrected chi connectivity index (χ1v) is 11.6. The molecule has 0 spiro atoms. The van der Waals surface area contributed by atoms with Gasteiger partial charge in [0, 0.05) is 43.5 Å². The number of nitrogens with zero attached hydrogens (tertiary/aromatic N) is 4. The van der Waals surface area contributed by atoms with Crippen LogP contribution in [0.3, 0.4) is 0 Å². The number of rotatable bonds is 5. The molecule has 4 aromatic rings. The fraction of sp³-hybridized carbons (Fsp3) is 0.179. The maximum absolute atomic E-state index is 13.6. The van der Waals surface area contributed by atoms with E-state index in [1.807, 2.05) is 66.7 Å². The Labute approximate surface area is 204 Å². The topological polar surface area (TPSA) is 67.7 Å². The number of piperazine rings is 1. The van der Waals surface area contributed by atoms with Crippen LogP contribution in [0, 0.1) is 0 Å². The number of amides is 2. The quantitative estimate of drug-likeness (QED) is 0.443. The minimum absolute atomic E-state index is 0.0575. The molecule has 1 saturated heterocycles. The monoisotopic (exact) mass is 466 g/mol. The van der Waals surface area contributed by atoms with E-state index < -0.39 is 0 Å². The zero-order chi connectivity index (χ0) is 24.2. The molecule has 0 bridgehead atoms. The van der Waals surface area contributed by atoms with E-state index in [1.54, 1.807) is 46.0 Å². The van der Waals surface area contributed by atoms with Gasteiger partial charge in [0.05, 0.1) is 18.4 Å². The largest absolute Gasteiger partial charge is 0.497 e. The Morgan fingerprint density at radius 1 is 0.771 bits per heavy atom. The van der Waals surface area contributed by atoms with Gasteiger partial charge in [-0.2, -0.15) is 5.10 Å². The molecule has 0 radical (unpaired) electrons. The predicted molar refractivity (Wildman–Crippen MR) is 134 cm³/mol. The average Bonchev–Trinajstić information content (AvgIpc) is 3.39. The number of carbonyl (C=O) groups is 2. The number of hydrogen-bond donors (Lipinski definition) is 0. The molecule has 7 heteroatoms. The van der Waals surface area contributed by atoms with Gasteiger partial charge in [0.25, 0.3) is 11.8 Å². The zero-order valence-corrected chi connectivity index (χ0v) is 19.5. The van der Waals surface area contributed by atoms with Crippen molar-refractivity contribution in [2.45, 2.75) is 0 Å². The average molecular weight is 467 g/mol. The lowest BCUT2D eigenvalue weighted by molar-refractivity contribution is 0.0535. The van der Waals surface area contributed by atoms with Crippen molar-refractivity contribution in [1.82, 2.24) is 19.6 Å². The molecule has 7 nitrogen and oxygen atoms in total. The Kier molecular flexibility index (Phi) is 6.30. The van der Waals surface area contributed by atoms with Gasteiger partial charge in [-0.05, 0) is 30.3 Å². The van der Waals surface area contributed by atoms with Crippen LogP contribution in [-0.4, -0.2) is 64.7 Å². The first kappa shape index (κ1) is 22.4. The molecule has 5 rings (SSSR count). The minimum Gasteiger partial charge on any atom is -0.497 e. The van der Waals surface area contributed by atoms with Gasteiger partial charge in [0.1, 0.15) is 11.4 Å². The van der Waals surface area contributed by atoms with Crippen molar-refractivity contribution < 1.29 is 14.3 Å². The summed E-state index contributed by atoms with van der Waals surface area (Å²) >= 11 is 0. The van der Waals surface area contributed by atoms with Crippen molar-refractivity contribution in [2.24, 2.45) is 0 Å². The smallest absolute Gasteiger partial charge is 0.257 e. The molecular formula is C28H26N4O3. The molecule has 35 heavy (non-hydrogen) atoms. The van der Waals surface area contributed by atoms with E-state index >= 15 is 0 Å². The van der Waals surface area contributed by atoms with Gasteiger partial charge >= 0.3 is 0 Å². The van der Waals surface area contributed by atoms with Crippen LogP contribution >= 0.6 is 0 Å². The summed E-state index contributed by atoms with van der Waals surface area (Å²) in [6.07, 6.45) is 1.80. The van der Waals surface area contributed by atoms with Gasteiger partial charge in [0.15, 0.2) is 0 Å². The molecule has 176 valence electrons. The zero-order valence-electron chi connectivity index (χ0n) is 19.5. The predicted octanol–water partition coefficient (Wildman–Crippen LogP) is 4.15. The molecule has 0 unspecified atom stereocenters. The van der Waals surface area contributed by atoms with Crippen molar-refractivity contribution in [3.05, 3.63) is 102 Å². The Morgan fingerprint density at radius 3 is 2.06 bits per heavy atom. The third-order valence-electron chi connectivity index (χ3n) is 6.18. The van der Waals surface area contributed by atoms with E-state index in [1.165, 1.54) is 0 Å². The standard InChI is InChI=1S/C28H26N4O3/c1-35-24-14-8-11-22(19-24)27(33)30-15-17-31(18-16-30)28(34)25-20-32(23-12-6-3-7-13-23)29-26(25)21-9-4-2-5-10-21/h2-14,19-20H,15-18H2,1H3. The fourth-order valence-corrected chi connectivity index (χ4v) is 4.27. The first-order chi connectivity index (χ1) is 17.1. The molecule has 0 N–H and O–H groups in total. The van der Waals surface area contributed by atoms with Gasteiger partial charge in [0.2, 0.25) is 0 Å². The van der Waals surface area contributed by atoms with Crippen molar-refractivity contribution in [2.75, 3.05) is 33.3 Å². The first-order valence-electron chi connectivity index (χ1n) is 11.6. The van der Waals surface area contributed by atoms with Crippen LogP contribution in [0.2, 0.25) is 0 Å². The fourth-order valence-electron chi connectivity index (χ4n) is 4.27. The number of methoxy groups -OCH3 is 1. The minimum atomic E-state index is -0.0838. The molecule has 3 aromatic carbocycles. The molecule has 0 aliphatic carbocycles. The van der Waals surface area contributed by atoms with E-state index in [2.05, 4.69) is 0 Å². The van der Waals surface area contributed by atoms with E-state index in [0.29, 0.717) is 48.7 Å². The van der Waals surface area contributed by atoms with Gasteiger partial charge < -0.3 is 14.5 Å². The van der Waals surface area contributed by atoms with Crippen LogP contribution in [0.5, 0.6) is 5.75 Å². The normalized spacial score (nSPS) is 13.5. The lowest BCUT2D eigenvalue weighted by atomic mass is 10.1. The Bertz CT molecular complexity index is 1330. The highest BCUT2D eigenvalue weighted by Crippen LogP contribution is 2.25. The second-order valence-electron chi connectivity index (χ2n) is 8.35. The number of ether oxygens (including phenoxy) is 1.